The SMILES string of the molecule is CSCCC(C)NC(=O)c1cccnc1Cl. The number of pyridine rings is 1. The van der Waals surface area contributed by atoms with Gasteiger partial charge in [0.15, 0.2) is 0 Å². The summed E-state index contributed by atoms with van der Waals surface area (Å²) >= 11 is 7.60. The average Bonchev–Trinajstić information content (AvgIpc) is 2.26. The summed E-state index contributed by atoms with van der Waals surface area (Å²) in [6, 6.07) is 3.52. The number of aromatic nitrogens is 1. The molecule has 1 N–H and O–H groups in total. The van der Waals surface area contributed by atoms with E-state index in [4.69, 9.17) is 11.6 Å². The number of halogens is 1. The monoisotopic (exact) mass is 258 g/mol. The highest BCUT2D eigenvalue weighted by Gasteiger charge is 2.12. The second-order valence-corrected chi connectivity index (χ2v) is 4.84. The Hall–Kier alpha value is -0.740. The first-order chi connectivity index (χ1) is 7.65. The number of hydrogen-bond donors (Lipinski definition) is 1. The van der Waals surface area contributed by atoms with Crippen LogP contribution in [0.3, 0.4) is 0 Å². The second kappa shape index (κ2) is 6.76. The van der Waals surface area contributed by atoms with Gasteiger partial charge in [0.05, 0.1) is 5.56 Å². The van der Waals surface area contributed by atoms with Crippen LogP contribution in [-0.2, 0) is 0 Å². The summed E-state index contributed by atoms with van der Waals surface area (Å²) in [5.74, 6) is 0.870. The van der Waals surface area contributed by atoms with Gasteiger partial charge in [0.1, 0.15) is 5.15 Å². The van der Waals surface area contributed by atoms with Crippen LogP contribution in [0.1, 0.15) is 23.7 Å². The number of hydrogen-bond acceptors (Lipinski definition) is 3. The van der Waals surface area contributed by atoms with Crippen molar-refractivity contribution in [1.29, 1.82) is 0 Å². The molecule has 1 rings (SSSR count). The van der Waals surface area contributed by atoms with Crippen molar-refractivity contribution >= 4 is 29.3 Å². The first-order valence-electron chi connectivity index (χ1n) is 5.05. The normalized spacial score (nSPS) is 12.2. The fourth-order valence-corrected chi connectivity index (χ4v) is 2.02. The van der Waals surface area contributed by atoms with Gasteiger partial charge in [0.25, 0.3) is 5.91 Å². The van der Waals surface area contributed by atoms with Crippen molar-refractivity contribution in [3.05, 3.63) is 29.0 Å². The molecule has 0 saturated carbocycles. The zero-order valence-electron chi connectivity index (χ0n) is 9.37. The molecule has 0 fully saturated rings. The molecule has 0 radical (unpaired) electrons. The summed E-state index contributed by atoms with van der Waals surface area (Å²) < 4.78 is 0. The maximum atomic E-state index is 11.8. The summed E-state index contributed by atoms with van der Waals surface area (Å²) in [6.07, 6.45) is 4.56. The van der Waals surface area contributed by atoms with Crippen molar-refractivity contribution in [2.75, 3.05) is 12.0 Å². The highest BCUT2D eigenvalue weighted by atomic mass is 35.5. The van der Waals surface area contributed by atoms with Crippen molar-refractivity contribution in [1.82, 2.24) is 10.3 Å². The number of nitrogens with one attached hydrogen (secondary N) is 1. The van der Waals surface area contributed by atoms with Gasteiger partial charge in [0.2, 0.25) is 0 Å². The standard InChI is InChI=1S/C11H15ClN2OS/c1-8(5-7-16-2)14-11(15)9-4-3-6-13-10(9)12/h3-4,6,8H,5,7H2,1-2H3,(H,14,15). The lowest BCUT2D eigenvalue weighted by molar-refractivity contribution is 0.0939. The molecule has 1 amide bonds. The number of thioether (sulfide) groups is 1. The Labute approximate surface area is 105 Å². The Morgan fingerprint density at radius 3 is 3.06 bits per heavy atom. The van der Waals surface area contributed by atoms with Gasteiger partial charge in [-0.25, -0.2) is 4.98 Å². The van der Waals surface area contributed by atoms with E-state index in [9.17, 15) is 4.79 Å². The van der Waals surface area contributed by atoms with Crippen molar-refractivity contribution in [3.63, 3.8) is 0 Å². The summed E-state index contributed by atoms with van der Waals surface area (Å²) in [5, 5.41) is 3.14. The Kier molecular flexibility index (Phi) is 5.63. The largest absolute Gasteiger partial charge is 0.349 e. The molecule has 0 aliphatic rings. The topological polar surface area (TPSA) is 42.0 Å². The van der Waals surface area contributed by atoms with E-state index >= 15 is 0 Å². The fourth-order valence-electron chi connectivity index (χ4n) is 1.22. The van der Waals surface area contributed by atoms with E-state index in [2.05, 4.69) is 10.3 Å². The third kappa shape index (κ3) is 4.02. The van der Waals surface area contributed by atoms with Gasteiger partial charge in [-0.3, -0.25) is 4.79 Å². The van der Waals surface area contributed by atoms with Gasteiger partial charge in [0, 0.05) is 12.2 Å². The lowest BCUT2D eigenvalue weighted by atomic mass is 10.2. The van der Waals surface area contributed by atoms with Crippen LogP contribution in [-0.4, -0.2) is 28.9 Å². The smallest absolute Gasteiger partial charge is 0.254 e. The maximum Gasteiger partial charge on any atom is 0.254 e. The molecule has 0 saturated heterocycles. The molecule has 16 heavy (non-hydrogen) atoms. The van der Waals surface area contributed by atoms with Crippen molar-refractivity contribution in [3.8, 4) is 0 Å². The molecule has 1 aromatic heterocycles. The average molecular weight is 259 g/mol. The van der Waals surface area contributed by atoms with Gasteiger partial charge in [-0.2, -0.15) is 11.8 Å². The highest BCUT2D eigenvalue weighted by Crippen LogP contribution is 2.11. The molecule has 5 heteroatoms. The first-order valence-corrected chi connectivity index (χ1v) is 6.82. The van der Waals surface area contributed by atoms with E-state index in [1.807, 2.05) is 13.2 Å². The number of nitrogens with zero attached hydrogens (tertiary/aromatic N) is 1. The predicted octanol–water partition coefficient (Wildman–Crippen LogP) is 2.61. The third-order valence-corrected chi connectivity index (χ3v) is 3.08. The van der Waals surface area contributed by atoms with E-state index in [0.29, 0.717) is 5.56 Å². The minimum atomic E-state index is -0.160. The van der Waals surface area contributed by atoms with Crippen LogP contribution in [0.2, 0.25) is 5.15 Å². The lowest BCUT2D eigenvalue weighted by Crippen LogP contribution is -2.33. The Bertz CT molecular complexity index is 360. The summed E-state index contributed by atoms with van der Waals surface area (Å²) in [6.45, 7) is 1.98. The number of rotatable bonds is 5. The van der Waals surface area contributed by atoms with E-state index < -0.39 is 0 Å². The predicted molar refractivity (Wildman–Crippen MR) is 69.2 cm³/mol. The van der Waals surface area contributed by atoms with Crippen molar-refractivity contribution in [2.45, 2.75) is 19.4 Å². The van der Waals surface area contributed by atoms with Gasteiger partial charge in [-0.1, -0.05) is 11.6 Å². The van der Waals surface area contributed by atoms with E-state index in [-0.39, 0.29) is 17.1 Å². The maximum absolute atomic E-state index is 11.8. The lowest BCUT2D eigenvalue weighted by Gasteiger charge is -2.13. The third-order valence-electron chi connectivity index (χ3n) is 2.14. The molecule has 0 aliphatic carbocycles. The first kappa shape index (κ1) is 13.3. The summed E-state index contributed by atoms with van der Waals surface area (Å²) in [5.41, 5.74) is 0.431. The molecule has 3 nitrogen and oxygen atoms in total. The molecule has 1 unspecified atom stereocenters. The van der Waals surface area contributed by atoms with Crippen molar-refractivity contribution in [2.24, 2.45) is 0 Å². The second-order valence-electron chi connectivity index (χ2n) is 3.50. The summed E-state index contributed by atoms with van der Waals surface area (Å²) in [4.78, 5) is 15.7. The molecule has 88 valence electrons. The van der Waals surface area contributed by atoms with Gasteiger partial charge < -0.3 is 5.32 Å². The summed E-state index contributed by atoms with van der Waals surface area (Å²) in [7, 11) is 0. The number of amides is 1. The van der Waals surface area contributed by atoms with Crippen LogP contribution in [0.4, 0.5) is 0 Å². The Morgan fingerprint density at radius 1 is 1.69 bits per heavy atom. The molecular formula is C11H15ClN2OS. The zero-order valence-corrected chi connectivity index (χ0v) is 10.9. The molecule has 1 atom stereocenters. The van der Waals surface area contributed by atoms with Gasteiger partial charge in [-0.15, -0.1) is 0 Å². The van der Waals surface area contributed by atoms with Gasteiger partial charge in [-0.05, 0) is 37.5 Å². The van der Waals surface area contributed by atoms with Crippen LogP contribution in [0.5, 0.6) is 0 Å². The fraction of sp³-hybridized carbons (Fsp3) is 0.455. The molecule has 0 bridgehead atoms. The van der Waals surface area contributed by atoms with Crippen LogP contribution < -0.4 is 5.32 Å². The Balaban J connectivity index is 2.56. The van der Waals surface area contributed by atoms with E-state index in [1.165, 1.54) is 0 Å². The van der Waals surface area contributed by atoms with Crippen LogP contribution >= 0.6 is 23.4 Å². The van der Waals surface area contributed by atoms with Crippen LogP contribution in [0.25, 0.3) is 0 Å². The molecule has 0 aromatic carbocycles. The van der Waals surface area contributed by atoms with E-state index in [1.54, 1.807) is 30.1 Å². The molecule has 1 heterocycles. The molecule has 0 aliphatic heterocycles. The van der Waals surface area contributed by atoms with Crippen molar-refractivity contribution < 1.29 is 4.79 Å². The molecule has 1 aromatic rings. The highest BCUT2D eigenvalue weighted by molar-refractivity contribution is 7.98. The quantitative estimate of drug-likeness (QED) is 0.826. The zero-order chi connectivity index (χ0) is 12.0. The van der Waals surface area contributed by atoms with Crippen LogP contribution in [0.15, 0.2) is 18.3 Å². The Morgan fingerprint density at radius 2 is 2.44 bits per heavy atom. The number of carbonyl (C=O) groups is 1. The molecular weight excluding hydrogens is 244 g/mol. The minimum Gasteiger partial charge on any atom is -0.349 e. The van der Waals surface area contributed by atoms with Crippen LogP contribution in [0, 0.1) is 0 Å². The van der Waals surface area contributed by atoms with Gasteiger partial charge >= 0.3 is 0 Å². The minimum absolute atomic E-state index is 0.149. The van der Waals surface area contributed by atoms with E-state index in [0.717, 1.165) is 12.2 Å². The number of carbonyl (C=O) groups excluding carboxylic acids is 1. The molecule has 0 spiro atoms.